The highest BCUT2D eigenvalue weighted by Gasteiger charge is 2.11. The Morgan fingerprint density at radius 3 is 2.86 bits per heavy atom. The van der Waals surface area contributed by atoms with Crippen molar-refractivity contribution in [3.8, 4) is 17.6 Å². The third-order valence-corrected chi connectivity index (χ3v) is 3.11. The first-order chi connectivity index (χ1) is 10.6. The number of ketones is 1. The van der Waals surface area contributed by atoms with Gasteiger partial charge in [0.1, 0.15) is 5.75 Å². The number of benzene rings is 1. The lowest BCUT2D eigenvalue weighted by atomic mass is 10.1. The number of Topliss-reactive ketones (excluding diaryl/α,β-unsaturated/α-hetero) is 1. The number of hydrogen-bond donors (Lipinski definition) is 2. The van der Waals surface area contributed by atoms with Crippen molar-refractivity contribution in [2.75, 3.05) is 5.32 Å². The highest BCUT2D eigenvalue weighted by atomic mass is 16.3. The zero-order valence-electron chi connectivity index (χ0n) is 12.3. The van der Waals surface area contributed by atoms with Crippen molar-refractivity contribution in [3.05, 3.63) is 47.6 Å². The zero-order valence-corrected chi connectivity index (χ0v) is 12.3. The van der Waals surface area contributed by atoms with Crippen LogP contribution in [0.15, 0.2) is 42.0 Å². The van der Waals surface area contributed by atoms with Gasteiger partial charge in [0, 0.05) is 17.7 Å². The average molecular weight is 295 g/mol. The molecule has 2 N–H and O–H groups in total. The van der Waals surface area contributed by atoms with Crippen LogP contribution in [0.3, 0.4) is 0 Å². The summed E-state index contributed by atoms with van der Waals surface area (Å²) in [4.78, 5) is 23.7. The molecule has 2 rings (SSSR count). The van der Waals surface area contributed by atoms with Crippen LogP contribution in [-0.2, 0) is 4.79 Å². The Labute approximate surface area is 129 Å². The third kappa shape index (κ3) is 4.10. The van der Waals surface area contributed by atoms with Crippen LogP contribution in [0.25, 0.3) is 0 Å². The van der Waals surface area contributed by atoms with Gasteiger partial charge in [-0.3, -0.25) is 9.59 Å². The van der Waals surface area contributed by atoms with E-state index >= 15 is 0 Å². The number of rotatable bonds is 4. The maximum Gasteiger partial charge on any atom is 0.240 e. The first kappa shape index (κ1) is 15.6. The summed E-state index contributed by atoms with van der Waals surface area (Å²) in [5.41, 5.74) is 1.43. The third-order valence-electron chi connectivity index (χ3n) is 3.11. The van der Waals surface area contributed by atoms with Crippen molar-refractivity contribution in [2.24, 2.45) is 0 Å². The summed E-state index contributed by atoms with van der Waals surface area (Å²) in [5.74, 6) is 4.56. The lowest BCUT2D eigenvalue weighted by molar-refractivity contribution is -0.116. The maximum absolute atomic E-state index is 12.1. The fourth-order valence-electron chi connectivity index (χ4n) is 1.99. The largest absolute Gasteiger partial charge is 0.507 e. The molecule has 1 aliphatic carbocycles. The number of anilines is 1. The number of allylic oxidation sites excluding steroid dienone is 4. The normalized spacial score (nSPS) is 12.3. The minimum atomic E-state index is -0.475. The molecule has 112 valence electrons. The average Bonchev–Trinajstić information content (AvgIpc) is 3.00. The smallest absolute Gasteiger partial charge is 0.240 e. The second-order valence-electron chi connectivity index (χ2n) is 4.93. The quantitative estimate of drug-likeness (QED) is 0.388. The fraction of sp³-hybridized carbons (Fsp3) is 0.222. The molecule has 22 heavy (non-hydrogen) atoms. The summed E-state index contributed by atoms with van der Waals surface area (Å²) in [6.45, 7) is 1.91. The number of carbonyl (C=O) groups excluding carboxylic acids is 2. The first-order valence-corrected chi connectivity index (χ1v) is 7.15. The Kier molecular flexibility index (Phi) is 5.16. The first-order valence-electron chi connectivity index (χ1n) is 7.15. The van der Waals surface area contributed by atoms with Gasteiger partial charge in [0.15, 0.2) is 0 Å². The molecule has 4 heteroatoms. The molecule has 0 saturated carbocycles. The summed E-state index contributed by atoms with van der Waals surface area (Å²) >= 11 is 0. The lowest BCUT2D eigenvalue weighted by Crippen LogP contribution is -2.11. The highest BCUT2D eigenvalue weighted by Crippen LogP contribution is 2.22. The van der Waals surface area contributed by atoms with Crippen LogP contribution in [0.1, 0.15) is 36.5 Å². The molecule has 0 radical (unpaired) electrons. The maximum atomic E-state index is 12.1. The molecular weight excluding hydrogens is 278 g/mol. The summed E-state index contributed by atoms with van der Waals surface area (Å²) < 4.78 is 0. The number of amides is 1. The second-order valence-corrected chi connectivity index (χ2v) is 4.93. The van der Waals surface area contributed by atoms with Crippen molar-refractivity contribution >= 4 is 17.4 Å². The summed E-state index contributed by atoms with van der Waals surface area (Å²) in [6.07, 6.45) is 7.56. The van der Waals surface area contributed by atoms with E-state index in [1.165, 1.54) is 12.1 Å². The van der Waals surface area contributed by atoms with Gasteiger partial charge in [0.05, 0.1) is 5.56 Å². The standard InChI is InChI=1S/C18H17NO3/c1-2-5-18(22)19-14-9-11-17(21)15(12-14)16(20)10-8-13-6-3-4-7-13/h3-4,6,9,11-12,21H,2,5,7H2,1H3,(H,19,22). The summed E-state index contributed by atoms with van der Waals surface area (Å²) in [6, 6.07) is 4.38. The van der Waals surface area contributed by atoms with Crippen LogP contribution < -0.4 is 5.32 Å². The molecule has 1 amide bonds. The van der Waals surface area contributed by atoms with E-state index < -0.39 is 5.78 Å². The second kappa shape index (κ2) is 7.28. The Morgan fingerprint density at radius 2 is 2.18 bits per heavy atom. The number of phenolic OH excluding ortho intramolecular Hbond substituents is 1. The van der Waals surface area contributed by atoms with Crippen LogP contribution in [0.5, 0.6) is 5.75 Å². The van der Waals surface area contributed by atoms with Gasteiger partial charge in [-0.25, -0.2) is 0 Å². The van der Waals surface area contributed by atoms with Gasteiger partial charge in [0.2, 0.25) is 11.7 Å². The molecule has 0 saturated heterocycles. The molecule has 1 aromatic rings. The van der Waals surface area contributed by atoms with E-state index in [1.807, 2.05) is 25.2 Å². The van der Waals surface area contributed by atoms with Crippen LogP contribution >= 0.6 is 0 Å². The van der Waals surface area contributed by atoms with E-state index in [-0.39, 0.29) is 17.2 Å². The molecule has 0 aromatic heterocycles. The predicted octanol–water partition coefficient (Wildman–Crippen LogP) is 3.20. The molecule has 0 heterocycles. The zero-order chi connectivity index (χ0) is 15.9. The summed E-state index contributed by atoms with van der Waals surface area (Å²) in [5, 5.41) is 12.5. The molecule has 0 bridgehead atoms. The van der Waals surface area contributed by atoms with Crippen LogP contribution in [0, 0.1) is 11.8 Å². The monoisotopic (exact) mass is 295 g/mol. The highest BCUT2D eigenvalue weighted by molar-refractivity contribution is 6.11. The van der Waals surface area contributed by atoms with Crippen LogP contribution in [0.2, 0.25) is 0 Å². The van der Waals surface area contributed by atoms with Gasteiger partial charge in [0.25, 0.3) is 0 Å². The number of aromatic hydroxyl groups is 1. The Morgan fingerprint density at radius 1 is 1.36 bits per heavy atom. The van der Waals surface area contributed by atoms with Gasteiger partial charge in [-0.1, -0.05) is 31.1 Å². The molecule has 1 aromatic carbocycles. The van der Waals surface area contributed by atoms with Crippen LogP contribution in [0.4, 0.5) is 5.69 Å². The van der Waals surface area contributed by atoms with E-state index in [9.17, 15) is 14.7 Å². The Hall–Kier alpha value is -2.80. The molecule has 0 unspecified atom stereocenters. The molecule has 0 aliphatic heterocycles. The van der Waals surface area contributed by atoms with Crippen molar-refractivity contribution in [2.45, 2.75) is 26.2 Å². The van der Waals surface area contributed by atoms with E-state index in [2.05, 4.69) is 17.2 Å². The predicted molar refractivity (Wildman–Crippen MR) is 85.6 cm³/mol. The molecule has 4 nitrogen and oxygen atoms in total. The molecule has 1 aliphatic rings. The number of carbonyl (C=O) groups is 2. The Bertz CT molecular complexity index is 718. The van der Waals surface area contributed by atoms with Crippen molar-refractivity contribution in [1.29, 1.82) is 0 Å². The SMILES string of the molecule is CCCC(=O)Nc1ccc(O)c(C(=O)C#CC2=CC=CC2)c1. The van der Waals surface area contributed by atoms with Crippen molar-refractivity contribution in [1.82, 2.24) is 0 Å². The summed E-state index contributed by atoms with van der Waals surface area (Å²) in [7, 11) is 0. The van der Waals surface area contributed by atoms with Gasteiger partial charge in [-0.05, 0) is 37.0 Å². The van der Waals surface area contributed by atoms with E-state index in [0.717, 1.165) is 18.4 Å². The number of hydrogen-bond acceptors (Lipinski definition) is 3. The van der Waals surface area contributed by atoms with Crippen molar-refractivity contribution < 1.29 is 14.7 Å². The van der Waals surface area contributed by atoms with Crippen molar-refractivity contribution in [3.63, 3.8) is 0 Å². The van der Waals surface area contributed by atoms with Gasteiger partial charge < -0.3 is 10.4 Å². The van der Waals surface area contributed by atoms with E-state index in [1.54, 1.807) is 6.07 Å². The number of phenols is 1. The van der Waals surface area contributed by atoms with Gasteiger partial charge in [-0.15, -0.1) is 0 Å². The minimum Gasteiger partial charge on any atom is -0.507 e. The molecule has 0 atom stereocenters. The van der Waals surface area contributed by atoms with Gasteiger partial charge in [-0.2, -0.15) is 0 Å². The topological polar surface area (TPSA) is 66.4 Å². The van der Waals surface area contributed by atoms with E-state index in [0.29, 0.717) is 12.1 Å². The minimum absolute atomic E-state index is 0.0911. The molecule has 0 fully saturated rings. The van der Waals surface area contributed by atoms with Gasteiger partial charge >= 0.3 is 0 Å². The van der Waals surface area contributed by atoms with E-state index in [4.69, 9.17) is 0 Å². The lowest BCUT2D eigenvalue weighted by Gasteiger charge is -2.06. The molecule has 0 spiro atoms. The Balaban J connectivity index is 2.15. The number of nitrogens with one attached hydrogen (secondary N) is 1. The molecular formula is C18H17NO3. The fourth-order valence-corrected chi connectivity index (χ4v) is 1.99. The van der Waals surface area contributed by atoms with Crippen LogP contribution in [-0.4, -0.2) is 16.8 Å².